The molecule has 7 heteroatoms. The molecule has 0 atom stereocenters. The summed E-state index contributed by atoms with van der Waals surface area (Å²) in [5, 5.41) is 13.4. The number of fused-ring (bicyclic) bond motifs is 3. The van der Waals surface area contributed by atoms with Crippen molar-refractivity contribution in [3.05, 3.63) is 56.5 Å². The minimum atomic E-state index is 0.448. The van der Waals surface area contributed by atoms with Gasteiger partial charge in [0.15, 0.2) is 5.82 Å². The maximum atomic E-state index is 6.28. The molecule has 1 aliphatic carbocycles. The van der Waals surface area contributed by atoms with Gasteiger partial charge in [-0.25, -0.2) is 4.98 Å². The Labute approximate surface area is 174 Å². The number of nitrogens with zero attached hydrogens (tertiary/aromatic N) is 5. The largest absolute Gasteiger partial charge is 0.295 e. The van der Waals surface area contributed by atoms with E-state index >= 15 is 0 Å². The van der Waals surface area contributed by atoms with Crippen LogP contribution in [-0.4, -0.2) is 31.7 Å². The standard InChI is InChI=1S/C21H24ClN5S/c1-13-23-18(12-28-13)14-3-5-15(6-4-14)21-25-24-20-11-26(2)10-16-9-17(22)7-8-19(16)27(20)21/h7-9,12,14-15H,3-6,10-11H2,1-2H3/t14-,15-. The molecular weight excluding hydrogens is 390 g/mol. The topological polar surface area (TPSA) is 46.8 Å². The predicted molar refractivity (Wildman–Crippen MR) is 112 cm³/mol. The van der Waals surface area contributed by atoms with Crippen molar-refractivity contribution in [3.63, 3.8) is 0 Å². The summed E-state index contributed by atoms with van der Waals surface area (Å²) in [5.74, 6) is 3.17. The molecule has 0 spiro atoms. The number of aromatic nitrogens is 4. The van der Waals surface area contributed by atoms with Gasteiger partial charge >= 0.3 is 0 Å². The molecule has 0 bridgehead atoms. The summed E-state index contributed by atoms with van der Waals surface area (Å²) in [4.78, 5) is 6.99. The molecule has 2 aromatic heterocycles. The fourth-order valence-corrected chi connectivity index (χ4v) is 5.55. The molecule has 0 saturated heterocycles. The van der Waals surface area contributed by atoms with Crippen LogP contribution in [0, 0.1) is 6.92 Å². The molecule has 5 nitrogen and oxygen atoms in total. The number of thiazole rings is 1. The zero-order chi connectivity index (χ0) is 19.3. The van der Waals surface area contributed by atoms with Gasteiger partial charge in [-0.15, -0.1) is 21.5 Å². The predicted octanol–water partition coefficient (Wildman–Crippen LogP) is 5.07. The summed E-state index contributed by atoms with van der Waals surface area (Å²) >= 11 is 8.04. The van der Waals surface area contributed by atoms with Crippen LogP contribution in [0.1, 0.15) is 65.4 Å². The first-order chi connectivity index (χ1) is 13.6. The molecule has 146 valence electrons. The number of hydrogen-bond donors (Lipinski definition) is 0. The molecule has 0 amide bonds. The Morgan fingerprint density at radius 2 is 1.86 bits per heavy atom. The van der Waals surface area contributed by atoms with Crippen molar-refractivity contribution in [2.24, 2.45) is 0 Å². The quantitative estimate of drug-likeness (QED) is 0.588. The zero-order valence-electron chi connectivity index (χ0n) is 16.2. The van der Waals surface area contributed by atoms with E-state index < -0.39 is 0 Å². The Hall–Kier alpha value is -1.76. The van der Waals surface area contributed by atoms with Crippen LogP contribution in [0.2, 0.25) is 5.02 Å². The van der Waals surface area contributed by atoms with Gasteiger partial charge in [0.2, 0.25) is 0 Å². The Morgan fingerprint density at radius 1 is 1.07 bits per heavy atom. The van der Waals surface area contributed by atoms with E-state index in [2.05, 4.69) is 51.1 Å². The lowest BCUT2D eigenvalue weighted by Gasteiger charge is -2.27. The fraction of sp³-hybridized carbons (Fsp3) is 0.476. The summed E-state index contributed by atoms with van der Waals surface area (Å²) < 4.78 is 2.30. The van der Waals surface area contributed by atoms with Crippen molar-refractivity contribution >= 4 is 22.9 Å². The highest BCUT2D eigenvalue weighted by molar-refractivity contribution is 7.09. The number of benzene rings is 1. The maximum Gasteiger partial charge on any atom is 0.151 e. The number of aryl methyl sites for hydroxylation is 1. The van der Waals surface area contributed by atoms with Crippen molar-refractivity contribution in [3.8, 4) is 5.69 Å². The third kappa shape index (κ3) is 3.27. The molecule has 0 unspecified atom stereocenters. The monoisotopic (exact) mass is 413 g/mol. The van der Waals surface area contributed by atoms with Crippen LogP contribution < -0.4 is 0 Å². The highest BCUT2D eigenvalue weighted by Crippen LogP contribution is 2.41. The smallest absolute Gasteiger partial charge is 0.151 e. The van der Waals surface area contributed by atoms with Gasteiger partial charge in [0.05, 0.1) is 22.9 Å². The molecule has 2 aliphatic rings. The molecule has 1 aliphatic heterocycles. The summed E-state index contributed by atoms with van der Waals surface area (Å²) in [6, 6.07) is 6.17. The van der Waals surface area contributed by atoms with Gasteiger partial charge in [0.25, 0.3) is 0 Å². The van der Waals surface area contributed by atoms with E-state index in [1.807, 2.05) is 6.07 Å². The molecule has 1 saturated carbocycles. The lowest BCUT2D eigenvalue weighted by Crippen LogP contribution is -2.17. The van der Waals surface area contributed by atoms with Crippen LogP contribution in [0.15, 0.2) is 23.6 Å². The highest BCUT2D eigenvalue weighted by Gasteiger charge is 2.31. The number of hydrogen-bond acceptors (Lipinski definition) is 5. The van der Waals surface area contributed by atoms with Crippen LogP contribution in [0.5, 0.6) is 0 Å². The Morgan fingerprint density at radius 3 is 2.61 bits per heavy atom. The van der Waals surface area contributed by atoms with Crippen molar-refractivity contribution in [1.82, 2.24) is 24.6 Å². The van der Waals surface area contributed by atoms with Crippen molar-refractivity contribution in [1.29, 1.82) is 0 Å². The van der Waals surface area contributed by atoms with Crippen LogP contribution in [0.4, 0.5) is 0 Å². The molecule has 1 aromatic carbocycles. The van der Waals surface area contributed by atoms with E-state index in [0.717, 1.165) is 42.6 Å². The van der Waals surface area contributed by atoms with E-state index in [4.69, 9.17) is 16.6 Å². The first kappa shape index (κ1) is 18.3. The number of halogens is 1. The van der Waals surface area contributed by atoms with Crippen LogP contribution in [0.3, 0.4) is 0 Å². The van der Waals surface area contributed by atoms with Crippen LogP contribution >= 0.6 is 22.9 Å². The minimum absolute atomic E-state index is 0.448. The van der Waals surface area contributed by atoms with Gasteiger partial charge in [-0.1, -0.05) is 11.6 Å². The normalized spacial score (nSPS) is 22.5. The third-order valence-corrected chi connectivity index (χ3v) is 7.06. The lowest BCUT2D eigenvalue weighted by molar-refractivity contribution is 0.315. The van der Waals surface area contributed by atoms with Gasteiger partial charge < -0.3 is 0 Å². The summed E-state index contributed by atoms with van der Waals surface area (Å²) in [7, 11) is 2.12. The lowest BCUT2D eigenvalue weighted by atomic mass is 9.80. The molecule has 0 N–H and O–H groups in total. The molecule has 28 heavy (non-hydrogen) atoms. The molecule has 5 rings (SSSR count). The van der Waals surface area contributed by atoms with E-state index in [-0.39, 0.29) is 0 Å². The minimum Gasteiger partial charge on any atom is -0.295 e. The third-order valence-electron chi connectivity index (χ3n) is 6.04. The van der Waals surface area contributed by atoms with Gasteiger partial charge in [-0.3, -0.25) is 9.47 Å². The van der Waals surface area contributed by atoms with Crippen molar-refractivity contribution < 1.29 is 0 Å². The number of rotatable bonds is 2. The molecule has 0 radical (unpaired) electrons. The fourth-order valence-electron chi connectivity index (χ4n) is 4.66. The average Bonchev–Trinajstić information content (AvgIpc) is 3.25. The van der Waals surface area contributed by atoms with Crippen LogP contribution in [-0.2, 0) is 13.1 Å². The van der Waals surface area contributed by atoms with Gasteiger partial charge in [-0.2, -0.15) is 0 Å². The molecule has 1 fully saturated rings. The first-order valence-electron chi connectivity index (χ1n) is 9.92. The molecule has 3 heterocycles. The maximum absolute atomic E-state index is 6.28. The van der Waals surface area contributed by atoms with E-state index in [0.29, 0.717) is 11.8 Å². The van der Waals surface area contributed by atoms with Crippen molar-refractivity contribution in [2.75, 3.05) is 7.05 Å². The van der Waals surface area contributed by atoms with Gasteiger partial charge in [-0.05, 0) is 63.4 Å². The van der Waals surface area contributed by atoms with Gasteiger partial charge in [0.1, 0.15) is 5.82 Å². The van der Waals surface area contributed by atoms with Gasteiger partial charge in [0, 0.05) is 28.8 Å². The van der Waals surface area contributed by atoms with E-state index in [9.17, 15) is 0 Å². The SMILES string of the molecule is Cc1nc([C@H]2CC[C@H](c3nnc4n3-c3ccc(Cl)cc3CN(C)C4)CC2)cs1. The second kappa shape index (κ2) is 7.25. The van der Waals surface area contributed by atoms with E-state index in [1.165, 1.54) is 34.8 Å². The first-order valence-corrected chi connectivity index (χ1v) is 11.2. The second-order valence-electron chi connectivity index (χ2n) is 8.10. The highest BCUT2D eigenvalue weighted by atomic mass is 35.5. The Kier molecular flexibility index (Phi) is 4.73. The summed E-state index contributed by atoms with van der Waals surface area (Å²) in [5.41, 5.74) is 3.70. The Balaban J connectivity index is 1.45. The Bertz CT molecular complexity index is 1000. The molecule has 3 aromatic rings. The zero-order valence-corrected chi connectivity index (χ0v) is 17.8. The van der Waals surface area contributed by atoms with Crippen LogP contribution in [0.25, 0.3) is 5.69 Å². The second-order valence-corrected chi connectivity index (χ2v) is 9.59. The van der Waals surface area contributed by atoms with Crippen molar-refractivity contribution in [2.45, 2.75) is 57.5 Å². The summed E-state index contributed by atoms with van der Waals surface area (Å²) in [6.45, 7) is 3.76. The van der Waals surface area contributed by atoms with E-state index in [1.54, 1.807) is 11.3 Å². The summed E-state index contributed by atoms with van der Waals surface area (Å²) in [6.07, 6.45) is 4.61. The molecular formula is C21H24ClN5S. The average molecular weight is 414 g/mol.